The molecule has 0 amide bonds. The van der Waals surface area contributed by atoms with Gasteiger partial charge in [0.05, 0.1) is 6.61 Å². The van der Waals surface area contributed by atoms with Gasteiger partial charge >= 0.3 is 0 Å². The van der Waals surface area contributed by atoms with Crippen molar-refractivity contribution in [3.8, 4) is 0 Å². The fourth-order valence-electron chi connectivity index (χ4n) is 1.37. The van der Waals surface area contributed by atoms with Crippen molar-refractivity contribution >= 4 is 0 Å². The molecule has 0 atom stereocenters. The molecule has 1 nitrogen and oxygen atoms in total. The summed E-state index contributed by atoms with van der Waals surface area (Å²) in [7, 11) is 0. The van der Waals surface area contributed by atoms with Crippen LogP contribution in [0.1, 0.15) is 29.9 Å². The van der Waals surface area contributed by atoms with E-state index in [0.29, 0.717) is 5.92 Å². The summed E-state index contributed by atoms with van der Waals surface area (Å²) in [6, 6.07) is 9.02. The Labute approximate surface area is 66.7 Å². The summed E-state index contributed by atoms with van der Waals surface area (Å²) in [6.45, 7) is 0.156. The van der Waals surface area contributed by atoms with Crippen molar-refractivity contribution in [2.24, 2.45) is 0 Å². The number of benzene rings is 1. The first-order valence-electron chi connectivity index (χ1n) is 4.02. The molecule has 1 fully saturated rings. The van der Waals surface area contributed by atoms with Crippen molar-refractivity contribution in [2.45, 2.75) is 25.4 Å². The molecule has 2 rings (SSSR count). The van der Waals surface area contributed by atoms with Crippen molar-refractivity contribution in [2.75, 3.05) is 0 Å². The molecule has 1 aromatic carbocycles. The SMILES string of the molecule is OCc1ccc[c]c1C1CC1. The zero-order valence-electron chi connectivity index (χ0n) is 6.38. The highest BCUT2D eigenvalue weighted by atomic mass is 16.3. The molecule has 1 aliphatic carbocycles. The molecule has 0 unspecified atom stereocenters. The first kappa shape index (κ1) is 6.86. The monoisotopic (exact) mass is 147 g/mol. The molecule has 1 heteroatoms. The summed E-state index contributed by atoms with van der Waals surface area (Å²) < 4.78 is 0. The van der Waals surface area contributed by atoms with Crippen molar-refractivity contribution < 1.29 is 5.11 Å². The van der Waals surface area contributed by atoms with E-state index in [1.54, 1.807) is 0 Å². The second-order valence-corrected chi connectivity index (χ2v) is 3.04. The Morgan fingerprint density at radius 2 is 2.36 bits per heavy atom. The highest BCUT2D eigenvalue weighted by Crippen LogP contribution is 2.41. The molecule has 0 aromatic heterocycles. The molecule has 0 heterocycles. The van der Waals surface area contributed by atoms with Crippen molar-refractivity contribution in [1.82, 2.24) is 0 Å². The van der Waals surface area contributed by atoms with E-state index in [1.807, 2.05) is 18.2 Å². The average molecular weight is 147 g/mol. The Morgan fingerprint density at radius 3 is 3.00 bits per heavy atom. The highest BCUT2D eigenvalue weighted by molar-refractivity contribution is 5.31. The minimum absolute atomic E-state index is 0.156. The van der Waals surface area contributed by atoms with Gasteiger partial charge in [-0.15, -0.1) is 0 Å². The van der Waals surface area contributed by atoms with Crippen LogP contribution in [0.3, 0.4) is 0 Å². The molecule has 11 heavy (non-hydrogen) atoms. The number of aliphatic hydroxyl groups excluding tert-OH is 1. The lowest BCUT2D eigenvalue weighted by molar-refractivity contribution is 0.280. The van der Waals surface area contributed by atoms with Crippen LogP contribution in [-0.4, -0.2) is 5.11 Å². The lowest BCUT2D eigenvalue weighted by Gasteiger charge is -2.02. The number of aliphatic hydroxyl groups is 1. The van der Waals surface area contributed by atoms with E-state index in [2.05, 4.69) is 6.07 Å². The van der Waals surface area contributed by atoms with E-state index in [0.717, 1.165) is 5.56 Å². The van der Waals surface area contributed by atoms with Crippen LogP contribution in [0.5, 0.6) is 0 Å². The normalized spacial score (nSPS) is 16.8. The molecule has 57 valence electrons. The van der Waals surface area contributed by atoms with E-state index in [9.17, 15) is 0 Å². The summed E-state index contributed by atoms with van der Waals surface area (Å²) in [6.07, 6.45) is 2.54. The van der Waals surface area contributed by atoms with Crippen LogP contribution in [0.4, 0.5) is 0 Å². The van der Waals surface area contributed by atoms with E-state index in [1.165, 1.54) is 18.4 Å². The lowest BCUT2D eigenvalue weighted by atomic mass is 10.0. The van der Waals surface area contributed by atoms with Gasteiger partial charge in [-0.25, -0.2) is 0 Å². The standard InChI is InChI=1S/C10H11O/c11-7-9-3-1-2-4-10(9)8-5-6-8/h1-3,8,11H,5-7H2. The van der Waals surface area contributed by atoms with E-state index >= 15 is 0 Å². The summed E-state index contributed by atoms with van der Waals surface area (Å²) in [5.41, 5.74) is 2.28. The molecule has 1 aromatic rings. The summed E-state index contributed by atoms with van der Waals surface area (Å²) >= 11 is 0. The van der Waals surface area contributed by atoms with E-state index in [4.69, 9.17) is 5.11 Å². The average Bonchev–Trinajstić information content (AvgIpc) is 2.87. The fraction of sp³-hybridized carbons (Fsp3) is 0.400. The Morgan fingerprint density at radius 1 is 1.55 bits per heavy atom. The van der Waals surface area contributed by atoms with Gasteiger partial charge in [0, 0.05) is 0 Å². The molecular formula is C10H11O. The van der Waals surface area contributed by atoms with Crippen LogP contribution in [0.2, 0.25) is 0 Å². The smallest absolute Gasteiger partial charge is 0.0684 e. The van der Waals surface area contributed by atoms with Gasteiger partial charge in [0.15, 0.2) is 0 Å². The zero-order valence-corrected chi connectivity index (χ0v) is 6.38. The predicted octanol–water partition coefficient (Wildman–Crippen LogP) is 1.86. The topological polar surface area (TPSA) is 20.2 Å². The third-order valence-corrected chi connectivity index (χ3v) is 2.13. The van der Waals surface area contributed by atoms with Crippen LogP contribution in [0.25, 0.3) is 0 Å². The minimum Gasteiger partial charge on any atom is -0.392 e. The van der Waals surface area contributed by atoms with Crippen molar-refractivity contribution in [3.63, 3.8) is 0 Å². The maximum Gasteiger partial charge on any atom is 0.0684 e. The van der Waals surface area contributed by atoms with Gasteiger partial charge in [-0.1, -0.05) is 18.2 Å². The Hall–Kier alpha value is -0.820. The summed E-state index contributed by atoms with van der Waals surface area (Å²) in [5.74, 6) is 0.693. The van der Waals surface area contributed by atoms with Crippen LogP contribution >= 0.6 is 0 Å². The molecule has 1 radical (unpaired) electrons. The molecule has 1 aliphatic rings. The van der Waals surface area contributed by atoms with Gasteiger partial charge in [-0.2, -0.15) is 0 Å². The van der Waals surface area contributed by atoms with Crippen molar-refractivity contribution in [3.05, 3.63) is 35.4 Å². The Balaban J connectivity index is 2.34. The van der Waals surface area contributed by atoms with Crippen LogP contribution in [0.15, 0.2) is 18.2 Å². The van der Waals surface area contributed by atoms with Gasteiger partial charge in [0.1, 0.15) is 0 Å². The van der Waals surface area contributed by atoms with Gasteiger partial charge in [-0.05, 0) is 36.0 Å². The van der Waals surface area contributed by atoms with E-state index in [-0.39, 0.29) is 6.61 Å². The molecule has 0 bridgehead atoms. The third kappa shape index (κ3) is 1.29. The van der Waals surface area contributed by atoms with Gasteiger partial charge < -0.3 is 5.11 Å². The highest BCUT2D eigenvalue weighted by Gasteiger charge is 2.25. The number of rotatable bonds is 2. The summed E-state index contributed by atoms with van der Waals surface area (Å²) in [5, 5.41) is 8.98. The molecule has 0 saturated heterocycles. The van der Waals surface area contributed by atoms with Crippen molar-refractivity contribution in [1.29, 1.82) is 0 Å². The first-order valence-corrected chi connectivity index (χ1v) is 4.02. The maximum absolute atomic E-state index is 8.98. The Kier molecular flexibility index (Phi) is 1.66. The zero-order chi connectivity index (χ0) is 7.68. The third-order valence-electron chi connectivity index (χ3n) is 2.13. The number of hydrogen-bond acceptors (Lipinski definition) is 1. The minimum atomic E-state index is 0.156. The number of hydrogen-bond donors (Lipinski definition) is 1. The Bertz CT molecular complexity index is 251. The summed E-state index contributed by atoms with van der Waals surface area (Å²) in [4.78, 5) is 0. The van der Waals surface area contributed by atoms with Gasteiger partial charge in [0.25, 0.3) is 0 Å². The molecule has 1 saturated carbocycles. The second kappa shape index (κ2) is 2.67. The van der Waals surface area contributed by atoms with Crippen LogP contribution in [-0.2, 0) is 6.61 Å². The fourth-order valence-corrected chi connectivity index (χ4v) is 1.37. The molecular weight excluding hydrogens is 136 g/mol. The maximum atomic E-state index is 8.98. The second-order valence-electron chi connectivity index (χ2n) is 3.04. The lowest BCUT2D eigenvalue weighted by Crippen LogP contribution is -1.90. The first-order chi connectivity index (χ1) is 5.42. The molecule has 0 spiro atoms. The quantitative estimate of drug-likeness (QED) is 0.677. The van der Waals surface area contributed by atoms with Gasteiger partial charge in [0.2, 0.25) is 0 Å². The molecule has 1 N–H and O–H groups in total. The molecule has 0 aliphatic heterocycles. The van der Waals surface area contributed by atoms with E-state index < -0.39 is 0 Å². The van der Waals surface area contributed by atoms with Crippen LogP contribution < -0.4 is 0 Å². The van der Waals surface area contributed by atoms with Gasteiger partial charge in [-0.3, -0.25) is 0 Å². The van der Waals surface area contributed by atoms with Crippen LogP contribution in [0, 0.1) is 6.07 Å². The largest absolute Gasteiger partial charge is 0.392 e. The predicted molar refractivity (Wildman–Crippen MR) is 43.2 cm³/mol.